The topological polar surface area (TPSA) is 24.1 Å². The summed E-state index contributed by atoms with van der Waals surface area (Å²) < 4.78 is 0. The van der Waals surface area contributed by atoms with Crippen LogP contribution in [0.5, 0.6) is 0 Å². The highest BCUT2D eigenvalue weighted by molar-refractivity contribution is 7.99. The lowest BCUT2D eigenvalue weighted by Crippen LogP contribution is -2.24. The molecule has 0 aromatic heterocycles. The van der Waals surface area contributed by atoms with Crippen molar-refractivity contribution in [1.82, 2.24) is 5.32 Å². The van der Waals surface area contributed by atoms with E-state index in [1.807, 2.05) is 11.8 Å². The molecule has 100 valence electrons. The number of hydrogen-bond donors (Lipinski definition) is 2. The Bertz CT molecular complexity index is 342. The number of benzene rings is 1. The average Bonchev–Trinajstić information content (AvgIpc) is 2.84. The van der Waals surface area contributed by atoms with Crippen molar-refractivity contribution in [3.05, 3.63) is 24.3 Å². The van der Waals surface area contributed by atoms with Crippen molar-refractivity contribution >= 4 is 17.4 Å². The van der Waals surface area contributed by atoms with E-state index in [1.54, 1.807) is 0 Å². The summed E-state index contributed by atoms with van der Waals surface area (Å²) in [5.74, 6) is 0. The Labute approximate surface area is 115 Å². The fourth-order valence-electron chi connectivity index (χ4n) is 2.32. The molecule has 1 unspecified atom stereocenters. The molecule has 1 aromatic carbocycles. The molecule has 1 aromatic rings. The van der Waals surface area contributed by atoms with Crippen LogP contribution in [-0.2, 0) is 0 Å². The van der Waals surface area contributed by atoms with Gasteiger partial charge in [0.25, 0.3) is 0 Å². The highest BCUT2D eigenvalue weighted by atomic mass is 32.2. The van der Waals surface area contributed by atoms with Gasteiger partial charge < -0.3 is 10.6 Å². The molecule has 18 heavy (non-hydrogen) atoms. The van der Waals surface area contributed by atoms with E-state index in [4.69, 9.17) is 0 Å². The largest absolute Gasteiger partial charge is 0.385 e. The van der Waals surface area contributed by atoms with Crippen molar-refractivity contribution in [2.75, 3.05) is 18.4 Å². The summed E-state index contributed by atoms with van der Waals surface area (Å²) in [6.07, 6.45) is 3.90. The summed E-state index contributed by atoms with van der Waals surface area (Å²) in [4.78, 5) is 1.35. The first-order chi connectivity index (χ1) is 8.74. The van der Waals surface area contributed by atoms with Crippen molar-refractivity contribution < 1.29 is 0 Å². The van der Waals surface area contributed by atoms with Crippen LogP contribution in [0.4, 0.5) is 5.69 Å². The van der Waals surface area contributed by atoms with E-state index in [-0.39, 0.29) is 0 Å². The molecule has 0 amide bonds. The maximum absolute atomic E-state index is 3.53. The normalized spacial score (nSPS) is 19.4. The van der Waals surface area contributed by atoms with Crippen LogP contribution in [0.3, 0.4) is 0 Å². The number of anilines is 1. The fourth-order valence-corrected chi connectivity index (χ4v) is 3.15. The van der Waals surface area contributed by atoms with Crippen LogP contribution in [0.15, 0.2) is 29.2 Å². The molecule has 0 radical (unpaired) electrons. The molecule has 0 saturated carbocycles. The van der Waals surface area contributed by atoms with Gasteiger partial charge in [0.1, 0.15) is 0 Å². The number of rotatable bonds is 6. The second-order valence-electron chi connectivity index (χ2n) is 5.20. The first kappa shape index (κ1) is 13.8. The highest BCUT2D eigenvalue weighted by Crippen LogP contribution is 2.24. The molecule has 1 saturated heterocycles. The van der Waals surface area contributed by atoms with Gasteiger partial charge in [0, 0.05) is 28.4 Å². The molecule has 1 atom stereocenters. The SMILES string of the molecule is CC(C)Sc1ccc(NCCC2CCCN2)cc1. The van der Waals surface area contributed by atoms with E-state index < -0.39 is 0 Å². The summed E-state index contributed by atoms with van der Waals surface area (Å²) in [6.45, 7) is 6.72. The van der Waals surface area contributed by atoms with Crippen molar-refractivity contribution in [1.29, 1.82) is 0 Å². The fraction of sp³-hybridized carbons (Fsp3) is 0.600. The van der Waals surface area contributed by atoms with E-state index in [0.29, 0.717) is 5.25 Å². The molecular formula is C15H24N2S. The first-order valence-corrected chi connectivity index (χ1v) is 7.86. The Balaban J connectivity index is 1.72. The van der Waals surface area contributed by atoms with Gasteiger partial charge in [-0.05, 0) is 50.1 Å². The Morgan fingerprint density at radius 2 is 2.11 bits per heavy atom. The van der Waals surface area contributed by atoms with Gasteiger partial charge in [-0.2, -0.15) is 0 Å². The van der Waals surface area contributed by atoms with Gasteiger partial charge in [-0.15, -0.1) is 11.8 Å². The molecule has 2 nitrogen and oxygen atoms in total. The van der Waals surface area contributed by atoms with Gasteiger partial charge in [0.15, 0.2) is 0 Å². The molecule has 0 bridgehead atoms. The van der Waals surface area contributed by atoms with Gasteiger partial charge in [0.2, 0.25) is 0 Å². The lowest BCUT2D eigenvalue weighted by molar-refractivity contribution is 0.574. The zero-order valence-electron chi connectivity index (χ0n) is 11.4. The minimum Gasteiger partial charge on any atom is -0.385 e. The van der Waals surface area contributed by atoms with Crippen LogP contribution in [0.25, 0.3) is 0 Å². The Hall–Kier alpha value is -0.670. The van der Waals surface area contributed by atoms with Crippen LogP contribution >= 0.6 is 11.8 Å². The van der Waals surface area contributed by atoms with Crippen molar-refractivity contribution in [3.63, 3.8) is 0 Å². The van der Waals surface area contributed by atoms with Crippen LogP contribution < -0.4 is 10.6 Å². The van der Waals surface area contributed by atoms with Crippen molar-refractivity contribution in [2.45, 2.75) is 49.3 Å². The number of hydrogen-bond acceptors (Lipinski definition) is 3. The standard InChI is InChI=1S/C15H24N2S/c1-12(2)18-15-7-5-14(6-8-15)17-11-9-13-4-3-10-16-13/h5-8,12-13,16-17H,3-4,9-11H2,1-2H3. The molecule has 2 N–H and O–H groups in total. The highest BCUT2D eigenvalue weighted by Gasteiger charge is 2.12. The molecule has 3 heteroatoms. The number of nitrogens with one attached hydrogen (secondary N) is 2. The first-order valence-electron chi connectivity index (χ1n) is 6.98. The van der Waals surface area contributed by atoms with Crippen LogP contribution in [0, 0.1) is 0 Å². The van der Waals surface area contributed by atoms with E-state index >= 15 is 0 Å². The third-order valence-electron chi connectivity index (χ3n) is 3.21. The Morgan fingerprint density at radius 1 is 1.33 bits per heavy atom. The number of thioether (sulfide) groups is 1. The molecule has 1 aliphatic heterocycles. The second-order valence-corrected chi connectivity index (χ2v) is 6.85. The van der Waals surface area contributed by atoms with Gasteiger partial charge in [-0.1, -0.05) is 13.8 Å². The minimum absolute atomic E-state index is 0.650. The molecule has 2 rings (SSSR count). The van der Waals surface area contributed by atoms with Crippen LogP contribution in [0.2, 0.25) is 0 Å². The van der Waals surface area contributed by atoms with Gasteiger partial charge in [-0.25, -0.2) is 0 Å². The summed E-state index contributed by atoms with van der Waals surface area (Å²) in [5, 5.41) is 7.68. The average molecular weight is 264 g/mol. The Kier molecular flexibility index (Phi) is 5.39. The smallest absolute Gasteiger partial charge is 0.0340 e. The van der Waals surface area contributed by atoms with Crippen LogP contribution in [-0.4, -0.2) is 24.4 Å². The molecule has 1 aliphatic rings. The third kappa shape index (κ3) is 4.54. The van der Waals surface area contributed by atoms with Crippen molar-refractivity contribution in [2.24, 2.45) is 0 Å². The quantitative estimate of drug-likeness (QED) is 0.765. The summed E-state index contributed by atoms with van der Waals surface area (Å²) in [6, 6.07) is 9.52. The zero-order valence-corrected chi connectivity index (χ0v) is 12.2. The van der Waals surface area contributed by atoms with E-state index in [0.717, 1.165) is 12.6 Å². The molecule has 1 heterocycles. The summed E-state index contributed by atoms with van der Waals surface area (Å²) >= 11 is 1.91. The maximum atomic E-state index is 3.53. The zero-order chi connectivity index (χ0) is 12.8. The lowest BCUT2D eigenvalue weighted by atomic mass is 10.1. The minimum atomic E-state index is 0.650. The van der Waals surface area contributed by atoms with E-state index in [1.165, 1.54) is 36.4 Å². The van der Waals surface area contributed by atoms with Crippen molar-refractivity contribution in [3.8, 4) is 0 Å². The van der Waals surface area contributed by atoms with E-state index in [2.05, 4.69) is 48.7 Å². The van der Waals surface area contributed by atoms with E-state index in [9.17, 15) is 0 Å². The summed E-state index contributed by atoms with van der Waals surface area (Å²) in [7, 11) is 0. The van der Waals surface area contributed by atoms with Gasteiger partial charge in [0.05, 0.1) is 0 Å². The van der Waals surface area contributed by atoms with Gasteiger partial charge in [-0.3, -0.25) is 0 Å². The molecule has 0 aliphatic carbocycles. The predicted molar refractivity (Wildman–Crippen MR) is 81.6 cm³/mol. The van der Waals surface area contributed by atoms with Crippen LogP contribution in [0.1, 0.15) is 33.1 Å². The maximum Gasteiger partial charge on any atom is 0.0340 e. The monoisotopic (exact) mass is 264 g/mol. The molecular weight excluding hydrogens is 240 g/mol. The molecule has 1 fully saturated rings. The second kappa shape index (κ2) is 7.05. The molecule has 0 spiro atoms. The lowest BCUT2D eigenvalue weighted by Gasteiger charge is -2.12. The Morgan fingerprint density at radius 3 is 2.72 bits per heavy atom. The van der Waals surface area contributed by atoms with Gasteiger partial charge >= 0.3 is 0 Å². The predicted octanol–water partition coefficient (Wildman–Crippen LogP) is 3.74. The summed E-state index contributed by atoms with van der Waals surface area (Å²) in [5.41, 5.74) is 1.24. The third-order valence-corrected chi connectivity index (χ3v) is 4.23.